The van der Waals surface area contributed by atoms with Gasteiger partial charge in [0.15, 0.2) is 0 Å². The van der Waals surface area contributed by atoms with Crippen molar-refractivity contribution < 1.29 is 9.84 Å². The first-order valence-corrected chi connectivity index (χ1v) is 7.92. The first-order valence-electron chi connectivity index (χ1n) is 7.92. The number of rotatable bonds is 5. The van der Waals surface area contributed by atoms with Crippen LogP contribution in [0.5, 0.6) is 0 Å². The third-order valence-corrected chi connectivity index (χ3v) is 4.25. The van der Waals surface area contributed by atoms with Gasteiger partial charge in [0.05, 0.1) is 19.3 Å². The van der Waals surface area contributed by atoms with E-state index in [-0.39, 0.29) is 5.92 Å². The number of hydrogen-bond donors (Lipinski definition) is 1. The van der Waals surface area contributed by atoms with Gasteiger partial charge in [-0.05, 0) is 11.1 Å². The lowest BCUT2D eigenvalue weighted by Gasteiger charge is -2.32. The molecule has 3 nitrogen and oxygen atoms in total. The molecule has 0 aliphatic carbocycles. The third kappa shape index (κ3) is 3.74. The van der Waals surface area contributed by atoms with Crippen LogP contribution in [-0.4, -0.2) is 49.0 Å². The molecule has 0 spiro atoms. The highest BCUT2D eigenvalue weighted by Gasteiger charge is 2.25. The van der Waals surface area contributed by atoms with Crippen molar-refractivity contribution in [2.24, 2.45) is 0 Å². The van der Waals surface area contributed by atoms with Crippen LogP contribution in [0.1, 0.15) is 17.0 Å². The minimum Gasteiger partial charge on any atom is -0.391 e. The zero-order chi connectivity index (χ0) is 15.2. The standard InChI is InChI=1S/C19H23NO2/c21-18(15-20-11-13-22-14-12-20)19(16-7-3-1-4-8-16)17-9-5-2-6-10-17/h1-10,18-19,21H,11-15H2/t18-/m1/s1. The van der Waals surface area contributed by atoms with Crippen molar-refractivity contribution in [2.45, 2.75) is 12.0 Å². The molecule has 1 aliphatic heterocycles. The van der Waals surface area contributed by atoms with Gasteiger partial charge in [-0.2, -0.15) is 0 Å². The van der Waals surface area contributed by atoms with Gasteiger partial charge in [-0.25, -0.2) is 0 Å². The third-order valence-electron chi connectivity index (χ3n) is 4.25. The summed E-state index contributed by atoms with van der Waals surface area (Å²) >= 11 is 0. The van der Waals surface area contributed by atoms with Crippen LogP contribution in [0, 0.1) is 0 Å². The van der Waals surface area contributed by atoms with Gasteiger partial charge >= 0.3 is 0 Å². The summed E-state index contributed by atoms with van der Waals surface area (Å²) < 4.78 is 5.39. The van der Waals surface area contributed by atoms with Crippen molar-refractivity contribution in [1.82, 2.24) is 4.90 Å². The van der Waals surface area contributed by atoms with Gasteiger partial charge in [-0.1, -0.05) is 60.7 Å². The van der Waals surface area contributed by atoms with E-state index in [0.29, 0.717) is 6.54 Å². The molecule has 1 fully saturated rings. The van der Waals surface area contributed by atoms with Crippen LogP contribution in [0.25, 0.3) is 0 Å². The van der Waals surface area contributed by atoms with Crippen LogP contribution in [0.2, 0.25) is 0 Å². The largest absolute Gasteiger partial charge is 0.391 e. The van der Waals surface area contributed by atoms with Gasteiger partial charge in [-0.15, -0.1) is 0 Å². The molecule has 3 heteroatoms. The molecule has 2 aromatic carbocycles. The van der Waals surface area contributed by atoms with Crippen molar-refractivity contribution in [3.63, 3.8) is 0 Å². The molecule has 0 radical (unpaired) electrons. The molecule has 0 saturated carbocycles. The second-order valence-electron chi connectivity index (χ2n) is 5.78. The Bertz CT molecular complexity index is 513. The smallest absolute Gasteiger partial charge is 0.0776 e. The summed E-state index contributed by atoms with van der Waals surface area (Å²) in [5.74, 6) is 0.00486. The normalized spacial score (nSPS) is 17.5. The SMILES string of the molecule is O[C@H](CN1CCOCC1)C(c1ccccc1)c1ccccc1. The molecule has 22 heavy (non-hydrogen) atoms. The number of ether oxygens (including phenoxy) is 1. The molecule has 0 amide bonds. The maximum atomic E-state index is 10.9. The van der Waals surface area contributed by atoms with Gasteiger partial charge in [-0.3, -0.25) is 4.90 Å². The summed E-state index contributed by atoms with van der Waals surface area (Å²) in [5, 5.41) is 10.9. The first kappa shape index (κ1) is 15.2. The number of aliphatic hydroxyl groups is 1. The Balaban J connectivity index is 1.81. The average Bonchev–Trinajstić information content (AvgIpc) is 2.58. The van der Waals surface area contributed by atoms with Crippen molar-refractivity contribution in [3.8, 4) is 0 Å². The lowest BCUT2D eigenvalue weighted by molar-refractivity contribution is 0.0116. The molecular weight excluding hydrogens is 274 g/mol. The fourth-order valence-corrected chi connectivity index (χ4v) is 3.11. The molecule has 0 aromatic heterocycles. The van der Waals surface area contributed by atoms with Crippen molar-refractivity contribution in [2.75, 3.05) is 32.8 Å². The Kier molecular flexibility index (Phi) is 5.22. The number of aliphatic hydroxyl groups excluding tert-OH is 1. The Morgan fingerprint density at radius 1 is 0.864 bits per heavy atom. The van der Waals surface area contributed by atoms with E-state index in [1.807, 2.05) is 36.4 Å². The van der Waals surface area contributed by atoms with E-state index < -0.39 is 6.10 Å². The maximum Gasteiger partial charge on any atom is 0.0776 e. The first-order chi connectivity index (χ1) is 10.8. The van der Waals surface area contributed by atoms with Gasteiger partial charge in [0, 0.05) is 25.6 Å². The molecule has 116 valence electrons. The van der Waals surface area contributed by atoms with E-state index in [4.69, 9.17) is 4.74 Å². The Labute approximate surface area is 132 Å². The van der Waals surface area contributed by atoms with E-state index in [0.717, 1.165) is 37.4 Å². The number of morpholine rings is 1. The molecule has 3 rings (SSSR count). The minimum atomic E-state index is -0.428. The van der Waals surface area contributed by atoms with Crippen LogP contribution >= 0.6 is 0 Å². The fraction of sp³-hybridized carbons (Fsp3) is 0.368. The topological polar surface area (TPSA) is 32.7 Å². The summed E-state index contributed by atoms with van der Waals surface area (Å²) in [6.45, 7) is 3.99. The van der Waals surface area contributed by atoms with Gasteiger partial charge < -0.3 is 9.84 Å². The van der Waals surface area contributed by atoms with Crippen LogP contribution in [-0.2, 0) is 4.74 Å². The predicted molar refractivity (Wildman–Crippen MR) is 88.0 cm³/mol. The molecule has 1 heterocycles. The lowest BCUT2D eigenvalue weighted by atomic mass is 9.86. The molecule has 1 N–H and O–H groups in total. The summed E-state index contributed by atoms with van der Waals surface area (Å²) in [4.78, 5) is 2.28. The highest BCUT2D eigenvalue weighted by atomic mass is 16.5. The zero-order valence-electron chi connectivity index (χ0n) is 12.8. The van der Waals surface area contributed by atoms with E-state index in [9.17, 15) is 5.11 Å². The van der Waals surface area contributed by atoms with Crippen molar-refractivity contribution >= 4 is 0 Å². The fourth-order valence-electron chi connectivity index (χ4n) is 3.11. The summed E-state index contributed by atoms with van der Waals surface area (Å²) in [7, 11) is 0. The molecule has 0 bridgehead atoms. The van der Waals surface area contributed by atoms with Crippen LogP contribution in [0.15, 0.2) is 60.7 Å². The number of benzene rings is 2. The lowest BCUT2D eigenvalue weighted by Crippen LogP contribution is -2.42. The second-order valence-corrected chi connectivity index (χ2v) is 5.78. The zero-order valence-corrected chi connectivity index (χ0v) is 12.8. The summed E-state index contributed by atoms with van der Waals surface area (Å²) in [6.07, 6.45) is -0.428. The van der Waals surface area contributed by atoms with E-state index in [1.165, 1.54) is 0 Å². The molecule has 2 aromatic rings. The number of nitrogens with zero attached hydrogens (tertiary/aromatic N) is 1. The Morgan fingerprint density at radius 3 is 1.86 bits per heavy atom. The molecular formula is C19H23NO2. The predicted octanol–water partition coefficient (Wildman–Crippen LogP) is 2.51. The van der Waals surface area contributed by atoms with Gasteiger partial charge in [0.2, 0.25) is 0 Å². The molecule has 0 unspecified atom stereocenters. The Hall–Kier alpha value is -1.68. The molecule has 1 aliphatic rings. The average molecular weight is 297 g/mol. The van der Waals surface area contributed by atoms with E-state index >= 15 is 0 Å². The molecule has 1 atom stereocenters. The number of hydrogen-bond acceptors (Lipinski definition) is 3. The van der Waals surface area contributed by atoms with Crippen LogP contribution in [0.4, 0.5) is 0 Å². The van der Waals surface area contributed by atoms with Crippen molar-refractivity contribution in [3.05, 3.63) is 71.8 Å². The van der Waals surface area contributed by atoms with Crippen molar-refractivity contribution in [1.29, 1.82) is 0 Å². The van der Waals surface area contributed by atoms with Gasteiger partial charge in [0.1, 0.15) is 0 Å². The Morgan fingerprint density at radius 2 is 1.36 bits per heavy atom. The summed E-state index contributed by atoms with van der Waals surface area (Å²) in [5.41, 5.74) is 2.32. The molecule has 1 saturated heterocycles. The summed E-state index contributed by atoms with van der Waals surface area (Å²) in [6, 6.07) is 20.6. The number of β-amino-alcohol motifs (C(OH)–C–C–N with tert-alkyl or cyclic N) is 1. The maximum absolute atomic E-state index is 10.9. The van der Waals surface area contributed by atoms with E-state index in [1.54, 1.807) is 0 Å². The van der Waals surface area contributed by atoms with Crippen LogP contribution in [0.3, 0.4) is 0 Å². The second kappa shape index (κ2) is 7.54. The van der Waals surface area contributed by atoms with Gasteiger partial charge in [0.25, 0.3) is 0 Å². The van der Waals surface area contributed by atoms with E-state index in [2.05, 4.69) is 29.2 Å². The minimum absolute atomic E-state index is 0.00486. The highest BCUT2D eigenvalue weighted by Crippen LogP contribution is 2.28. The van der Waals surface area contributed by atoms with Crippen LogP contribution < -0.4 is 0 Å². The highest BCUT2D eigenvalue weighted by molar-refractivity contribution is 5.33. The quantitative estimate of drug-likeness (QED) is 0.920. The monoisotopic (exact) mass is 297 g/mol.